The molecule has 1 unspecified atom stereocenters. The summed E-state index contributed by atoms with van der Waals surface area (Å²) in [6, 6.07) is 2.79. The number of halogens is 4. The molecule has 0 amide bonds. The maximum absolute atomic E-state index is 13.0. The first-order valence-electron chi connectivity index (χ1n) is 8.16. The molecule has 1 aromatic carbocycles. The molecule has 1 heterocycles. The van der Waals surface area contributed by atoms with Crippen molar-refractivity contribution in [2.24, 2.45) is 0 Å². The zero-order valence-corrected chi connectivity index (χ0v) is 17.1. The van der Waals surface area contributed by atoms with Gasteiger partial charge in [-0.15, -0.1) is 0 Å². The van der Waals surface area contributed by atoms with Crippen molar-refractivity contribution in [1.29, 1.82) is 0 Å². The number of carbonyl (C=O) groups is 1. The third-order valence-corrected chi connectivity index (χ3v) is 4.21. The predicted octanol–water partition coefficient (Wildman–Crippen LogP) is 3.68. The number of hydrogen-bond donors (Lipinski definition) is 0. The Bertz CT molecular complexity index is 1020. The minimum atomic E-state index is -4.60. The lowest BCUT2D eigenvalue weighted by Gasteiger charge is -2.23. The molecule has 0 aliphatic rings. The van der Waals surface area contributed by atoms with Gasteiger partial charge in [-0.2, -0.15) is 13.2 Å². The Balaban J connectivity index is 2.64. The first-order chi connectivity index (χ1) is 12.7. The van der Waals surface area contributed by atoms with E-state index in [0.29, 0.717) is 4.57 Å². The summed E-state index contributed by atoms with van der Waals surface area (Å²) in [7, 11) is 0. The maximum Gasteiger partial charge on any atom is 0.416 e. The number of esters is 1. The molecule has 0 N–H and O–H groups in total. The Morgan fingerprint density at radius 1 is 1.18 bits per heavy atom. The molecule has 0 bridgehead atoms. The second-order valence-corrected chi connectivity index (χ2v) is 7.92. The molecule has 0 spiro atoms. The van der Waals surface area contributed by atoms with Gasteiger partial charge in [0.1, 0.15) is 11.6 Å². The van der Waals surface area contributed by atoms with Gasteiger partial charge in [0.25, 0.3) is 5.56 Å². The van der Waals surface area contributed by atoms with Crippen molar-refractivity contribution in [2.75, 3.05) is 0 Å². The van der Waals surface area contributed by atoms with Gasteiger partial charge in [-0.05, 0) is 61.8 Å². The van der Waals surface area contributed by atoms with Gasteiger partial charge in [0.05, 0.1) is 15.7 Å². The molecule has 0 radical (unpaired) electrons. The van der Waals surface area contributed by atoms with Crippen molar-refractivity contribution in [3.63, 3.8) is 0 Å². The van der Waals surface area contributed by atoms with Crippen LogP contribution in [-0.2, 0) is 15.7 Å². The second-order valence-electron chi connectivity index (χ2n) is 7.06. The van der Waals surface area contributed by atoms with Crippen LogP contribution in [0.1, 0.15) is 39.3 Å². The van der Waals surface area contributed by atoms with Crippen molar-refractivity contribution >= 4 is 21.9 Å². The number of ether oxygens (including phenoxy) is 1. The maximum atomic E-state index is 13.0. The Kier molecular flexibility index (Phi) is 5.93. The minimum Gasteiger partial charge on any atom is -0.458 e. The van der Waals surface area contributed by atoms with Crippen LogP contribution in [0.4, 0.5) is 13.2 Å². The molecule has 0 saturated carbocycles. The number of nitrogens with zero attached hydrogens (tertiary/aromatic N) is 2. The largest absolute Gasteiger partial charge is 0.458 e. The van der Waals surface area contributed by atoms with Crippen LogP contribution in [0.3, 0.4) is 0 Å². The molecule has 152 valence electrons. The van der Waals surface area contributed by atoms with E-state index in [4.69, 9.17) is 4.74 Å². The highest BCUT2D eigenvalue weighted by Gasteiger charge is 2.31. The first-order valence-corrected chi connectivity index (χ1v) is 8.96. The second kappa shape index (κ2) is 7.57. The van der Waals surface area contributed by atoms with Crippen molar-refractivity contribution in [3.05, 3.63) is 61.3 Å². The van der Waals surface area contributed by atoms with E-state index in [9.17, 15) is 27.6 Å². The monoisotopic (exact) mass is 462 g/mol. The summed E-state index contributed by atoms with van der Waals surface area (Å²) in [5.41, 5.74) is -3.67. The lowest BCUT2D eigenvalue weighted by molar-refractivity contribution is -0.158. The summed E-state index contributed by atoms with van der Waals surface area (Å²) in [5, 5.41) is 0. The minimum absolute atomic E-state index is 0.0973. The fourth-order valence-electron chi connectivity index (χ4n) is 2.39. The summed E-state index contributed by atoms with van der Waals surface area (Å²) in [6.07, 6.45) is -3.53. The van der Waals surface area contributed by atoms with Gasteiger partial charge in [0.15, 0.2) is 0 Å². The number of hydrogen-bond acceptors (Lipinski definition) is 4. The van der Waals surface area contributed by atoms with Crippen LogP contribution >= 0.6 is 15.9 Å². The number of benzene rings is 1. The van der Waals surface area contributed by atoms with Crippen LogP contribution in [0, 0.1) is 0 Å². The van der Waals surface area contributed by atoms with E-state index in [-0.39, 0.29) is 10.2 Å². The molecule has 28 heavy (non-hydrogen) atoms. The predicted molar refractivity (Wildman–Crippen MR) is 99.6 cm³/mol. The highest BCUT2D eigenvalue weighted by atomic mass is 79.9. The van der Waals surface area contributed by atoms with Gasteiger partial charge in [-0.25, -0.2) is 14.2 Å². The van der Waals surface area contributed by atoms with E-state index in [1.807, 2.05) is 0 Å². The molecule has 1 aromatic heterocycles. The van der Waals surface area contributed by atoms with E-state index in [0.717, 1.165) is 29.0 Å². The van der Waals surface area contributed by atoms with Gasteiger partial charge in [-0.1, -0.05) is 6.07 Å². The quantitative estimate of drug-likeness (QED) is 0.652. The summed E-state index contributed by atoms with van der Waals surface area (Å²) in [4.78, 5) is 37.6. The van der Waals surface area contributed by atoms with E-state index in [2.05, 4.69) is 15.9 Å². The third-order valence-electron chi connectivity index (χ3n) is 3.66. The van der Waals surface area contributed by atoms with Crippen molar-refractivity contribution in [2.45, 2.75) is 45.5 Å². The Hall–Kier alpha value is -2.36. The third kappa shape index (κ3) is 4.73. The zero-order chi connectivity index (χ0) is 21.4. The van der Waals surface area contributed by atoms with E-state index >= 15 is 0 Å². The molecule has 2 rings (SSSR count). The van der Waals surface area contributed by atoms with Crippen molar-refractivity contribution in [3.8, 4) is 5.69 Å². The van der Waals surface area contributed by atoms with E-state index < -0.39 is 40.6 Å². The smallest absolute Gasteiger partial charge is 0.416 e. The van der Waals surface area contributed by atoms with Gasteiger partial charge in [-0.3, -0.25) is 9.36 Å². The van der Waals surface area contributed by atoms with Crippen molar-refractivity contribution in [1.82, 2.24) is 9.13 Å². The fourth-order valence-corrected chi connectivity index (χ4v) is 2.79. The average molecular weight is 463 g/mol. The molecule has 0 fully saturated rings. The molecular formula is C18H18BrF3N2O4. The topological polar surface area (TPSA) is 70.3 Å². The van der Waals surface area contributed by atoms with Crippen molar-refractivity contribution < 1.29 is 22.7 Å². The molecule has 0 aliphatic carbocycles. The Morgan fingerprint density at radius 2 is 1.79 bits per heavy atom. The molecule has 0 saturated heterocycles. The molecule has 6 nitrogen and oxygen atoms in total. The van der Waals surface area contributed by atoms with Crippen LogP contribution in [0.15, 0.2) is 44.5 Å². The van der Waals surface area contributed by atoms with Gasteiger partial charge < -0.3 is 4.74 Å². The molecular weight excluding hydrogens is 445 g/mol. The number of aromatic nitrogens is 2. The average Bonchev–Trinajstić information content (AvgIpc) is 2.56. The lowest BCUT2D eigenvalue weighted by Crippen LogP contribution is -2.44. The van der Waals surface area contributed by atoms with Gasteiger partial charge in [0, 0.05) is 6.20 Å². The summed E-state index contributed by atoms with van der Waals surface area (Å²) >= 11 is 3.00. The fraction of sp³-hybridized carbons (Fsp3) is 0.389. The van der Waals surface area contributed by atoms with Crippen LogP contribution < -0.4 is 11.2 Å². The zero-order valence-electron chi connectivity index (χ0n) is 15.5. The standard InChI is InChI=1S/C18H18BrF3N2O4/c1-10(15(26)28-17(2,3)4)24-14(25)13(19)9-23(16(24)27)12-7-5-6-11(8-12)18(20,21)22/h5-10H,1-4H3. The summed E-state index contributed by atoms with van der Waals surface area (Å²) in [5.74, 6) is -0.819. The summed E-state index contributed by atoms with van der Waals surface area (Å²) in [6.45, 7) is 6.19. The van der Waals surface area contributed by atoms with Crippen LogP contribution in [0.5, 0.6) is 0 Å². The number of carbonyl (C=O) groups excluding carboxylic acids is 1. The number of rotatable bonds is 3. The Morgan fingerprint density at radius 3 is 2.32 bits per heavy atom. The van der Waals surface area contributed by atoms with Crippen LogP contribution in [0.2, 0.25) is 0 Å². The van der Waals surface area contributed by atoms with Crippen LogP contribution in [-0.4, -0.2) is 20.7 Å². The van der Waals surface area contributed by atoms with E-state index in [1.54, 1.807) is 20.8 Å². The molecule has 0 aliphatic heterocycles. The molecule has 10 heteroatoms. The Labute approximate surface area is 166 Å². The van der Waals surface area contributed by atoms with E-state index in [1.165, 1.54) is 13.0 Å². The molecule has 1 atom stereocenters. The van der Waals surface area contributed by atoms with Gasteiger partial charge in [0.2, 0.25) is 0 Å². The van der Waals surface area contributed by atoms with Crippen LogP contribution in [0.25, 0.3) is 5.69 Å². The SMILES string of the molecule is CC(C(=O)OC(C)(C)C)n1c(=O)c(Br)cn(-c2cccc(C(F)(F)F)c2)c1=O. The lowest BCUT2D eigenvalue weighted by atomic mass is 10.2. The normalized spacial score (nSPS) is 13.3. The summed E-state index contributed by atoms with van der Waals surface area (Å²) < 4.78 is 45.6. The first kappa shape index (κ1) is 21.9. The number of alkyl halides is 3. The van der Waals surface area contributed by atoms with Gasteiger partial charge >= 0.3 is 17.8 Å². The molecule has 2 aromatic rings. The highest BCUT2D eigenvalue weighted by Crippen LogP contribution is 2.30. The highest BCUT2D eigenvalue weighted by molar-refractivity contribution is 9.10.